The van der Waals surface area contributed by atoms with Crippen LogP contribution >= 0.6 is 0 Å². The van der Waals surface area contributed by atoms with Crippen molar-refractivity contribution < 1.29 is 26.9 Å². The number of likely N-dealkylation sites (tertiary alicyclic amines) is 1. The molecule has 0 atom stereocenters. The van der Waals surface area contributed by atoms with E-state index in [-0.39, 0.29) is 30.9 Å². The van der Waals surface area contributed by atoms with Crippen molar-refractivity contribution in [3.05, 3.63) is 60.3 Å². The average molecular weight is 500 g/mol. The number of fused-ring (bicyclic) bond motifs is 1. The molecular formula is C24H20F4N6O2. The first kappa shape index (κ1) is 23.6. The molecule has 0 spiro atoms. The van der Waals surface area contributed by atoms with E-state index >= 15 is 0 Å². The second kappa shape index (κ2) is 8.54. The summed E-state index contributed by atoms with van der Waals surface area (Å²) in [5.41, 5.74) is 1.46. The highest BCUT2D eigenvalue weighted by Crippen LogP contribution is 2.38. The Hall–Kier alpha value is -4.09. The highest BCUT2D eigenvalue weighted by molar-refractivity contribution is 5.98. The minimum absolute atomic E-state index is 0.0208. The van der Waals surface area contributed by atoms with E-state index in [1.165, 1.54) is 23.2 Å². The first-order valence-corrected chi connectivity index (χ1v) is 11.1. The number of hydrogen-bond acceptors (Lipinski definition) is 6. The van der Waals surface area contributed by atoms with Gasteiger partial charge in [-0.25, -0.2) is 4.39 Å². The van der Waals surface area contributed by atoms with E-state index in [4.69, 9.17) is 4.52 Å². The van der Waals surface area contributed by atoms with Crippen LogP contribution in [0.4, 0.5) is 17.6 Å². The summed E-state index contributed by atoms with van der Waals surface area (Å²) in [5.74, 6) is -1.10. The summed E-state index contributed by atoms with van der Waals surface area (Å²) >= 11 is 0. The smallest absolute Gasteiger partial charge is 0.334 e. The van der Waals surface area contributed by atoms with Gasteiger partial charge < -0.3 is 9.42 Å². The van der Waals surface area contributed by atoms with Gasteiger partial charge in [0.2, 0.25) is 0 Å². The van der Waals surface area contributed by atoms with Crippen LogP contribution in [-0.2, 0) is 11.0 Å². The van der Waals surface area contributed by atoms with Crippen LogP contribution in [0.3, 0.4) is 0 Å². The third-order valence-electron chi connectivity index (χ3n) is 5.99. The summed E-state index contributed by atoms with van der Waals surface area (Å²) < 4.78 is 59.7. The fraction of sp³-hybridized carbons (Fsp3) is 0.292. The molecule has 0 aliphatic carbocycles. The lowest BCUT2D eigenvalue weighted by Crippen LogP contribution is -2.51. The van der Waals surface area contributed by atoms with Crippen molar-refractivity contribution in [3.8, 4) is 22.7 Å². The Morgan fingerprint density at radius 3 is 2.44 bits per heavy atom. The summed E-state index contributed by atoms with van der Waals surface area (Å²) in [7, 11) is 0. The number of halogens is 4. The summed E-state index contributed by atoms with van der Waals surface area (Å²) in [5, 5.41) is 8.68. The molecule has 0 unspecified atom stereocenters. The van der Waals surface area contributed by atoms with Crippen LogP contribution in [0.5, 0.6) is 0 Å². The van der Waals surface area contributed by atoms with E-state index in [2.05, 4.69) is 26.8 Å². The molecule has 1 amide bonds. The molecule has 186 valence electrons. The van der Waals surface area contributed by atoms with Gasteiger partial charge in [-0.15, -0.1) is 0 Å². The van der Waals surface area contributed by atoms with Crippen molar-refractivity contribution in [1.82, 2.24) is 29.8 Å². The van der Waals surface area contributed by atoms with Gasteiger partial charge in [0.15, 0.2) is 11.7 Å². The first-order chi connectivity index (χ1) is 17.0. The van der Waals surface area contributed by atoms with Gasteiger partial charge >= 0.3 is 6.18 Å². The molecule has 12 heteroatoms. The van der Waals surface area contributed by atoms with Crippen LogP contribution in [-0.4, -0.2) is 48.8 Å². The molecule has 1 saturated heterocycles. The van der Waals surface area contributed by atoms with Gasteiger partial charge in [-0.3, -0.25) is 14.5 Å². The molecule has 0 N–H and O–H groups in total. The van der Waals surface area contributed by atoms with Crippen LogP contribution in [0.25, 0.3) is 33.7 Å². The summed E-state index contributed by atoms with van der Waals surface area (Å²) in [6.07, 6.45) is -2.94. The van der Waals surface area contributed by atoms with E-state index in [1.54, 1.807) is 10.7 Å². The topological polar surface area (TPSA) is 89.9 Å². The van der Waals surface area contributed by atoms with Crippen molar-refractivity contribution in [2.75, 3.05) is 13.1 Å². The Kier molecular flexibility index (Phi) is 5.61. The van der Waals surface area contributed by atoms with E-state index < -0.39 is 23.5 Å². The van der Waals surface area contributed by atoms with Crippen molar-refractivity contribution in [3.63, 3.8) is 0 Å². The van der Waals surface area contributed by atoms with Crippen molar-refractivity contribution in [2.24, 2.45) is 0 Å². The molecule has 4 aromatic rings. The Labute approximate surface area is 202 Å². The predicted octanol–water partition coefficient (Wildman–Crippen LogP) is 5.16. The number of aromatic nitrogens is 5. The van der Waals surface area contributed by atoms with Crippen LogP contribution in [0.2, 0.25) is 0 Å². The summed E-state index contributed by atoms with van der Waals surface area (Å²) in [6, 6.07) is 5.96. The largest absolute Gasteiger partial charge is 0.416 e. The first-order valence-electron chi connectivity index (χ1n) is 11.1. The van der Waals surface area contributed by atoms with Crippen LogP contribution in [0.15, 0.2) is 53.5 Å². The van der Waals surface area contributed by atoms with Crippen molar-refractivity contribution >= 4 is 16.9 Å². The number of alkyl halides is 3. The third kappa shape index (κ3) is 4.01. The molecule has 5 rings (SSSR count). The second-order valence-electron chi connectivity index (χ2n) is 8.81. The SMILES string of the molecule is C=C(F)C(=O)N1CC(n2nc(-c3ccc(C(F)(F)F)cc3)c3nccc(-c4nc(C(C)C)no4)c32)C1. The molecule has 1 aliphatic heterocycles. The number of benzene rings is 1. The fourth-order valence-electron chi connectivity index (χ4n) is 4.04. The van der Waals surface area contributed by atoms with E-state index in [0.717, 1.165) is 12.1 Å². The highest BCUT2D eigenvalue weighted by atomic mass is 19.4. The molecule has 0 radical (unpaired) electrons. The standard InChI is InChI=1S/C24H20F4N6O2/c1-12(2)21-30-22(36-32-21)17-8-9-29-19-18(14-4-6-15(7-5-14)24(26,27)28)31-34(20(17)19)16-10-33(11-16)23(35)13(3)25/h4-9,12,16H,3,10-11H2,1-2H3. The molecular weight excluding hydrogens is 480 g/mol. The number of pyridine rings is 1. The van der Waals surface area contributed by atoms with Crippen LogP contribution in [0, 0.1) is 0 Å². The third-order valence-corrected chi connectivity index (χ3v) is 5.99. The molecule has 0 bridgehead atoms. The number of carbonyl (C=O) groups excluding carboxylic acids is 1. The molecule has 8 nitrogen and oxygen atoms in total. The van der Waals surface area contributed by atoms with E-state index in [1.807, 2.05) is 13.8 Å². The Morgan fingerprint density at radius 2 is 1.86 bits per heavy atom. The summed E-state index contributed by atoms with van der Waals surface area (Å²) in [4.78, 5) is 22.1. The van der Waals surface area contributed by atoms with E-state index in [0.29, 0.717) is 33.7 Å². The van der Waals surface area contributed by atoms with Gasteiger partial charge in [0.05, 0.1) is 17.2 Å². The van der Waals surface area contributed by atoms with Gasteiger partial charge in [0.25, 0.3) is 11.8 Å². The minimum atomic E-state index is -4.47. The predicted molar refractivity (Wildman–Crippen MR) is 121 cm³/mol. The molecule has 0 saturated carbocycles. The molecule has 4 heterocycles. The fourth-order valence-corrected chi connectivity index (χ4v) is 4.04. The maximum atomic E-state index is 13.3. The zero-order valence-electron chi connectivity index (χ0n) is 19.3. The van der Waals surface area contributed by atoms with E-state index in [9.17, 15) is 22.4 Å². The highest BCUT2D eigenvalue weighted by Gasteiger charge is 2.36. The lowest BCUT2D eigenvalue weighted by molar-refractivity contribution is -0.137. The van der Waals surface area contributed by atoms with Crippen LogP contribution < -0.4 is 0 Å². The van der Waals surface area contributed by atoms with Gasteiger partial charge in [-0.05, 0) is 18.2 Å². The maximum Gasteiger partial charge on any atom is 0.416 e. The lowest BCUT2D eigenvalue weighted by atomic mass is 10.1. The van der Waals surface area contributed by atoms with Gasteiger partial charge in [0.1, 0.15) is 16.7 Å². The van der Waals surface area contributed by atoms with Crippen molar-refractivity contribution in [1.29, 1.82) is 0 Å². The number of carbonyl (C=O) groups is 1. The molecule has 36 heavy (non-hydrogen) atoms. The number of nitrogens with zero attached hydrogens (tertiary/aromatic N) is 6. The normalized spacial score (nSPS) is 14.5. The molecule has 1 aliphatic rings. The monoisotopic (exact) mass is 500 g/mol. The zero-order valence-corrected chi connectivity index (χ0v) is 19.3. The maximum absolute atomic E-state index is 13.3. The molecule has 3 aromatic heterocycles. The Morgan fingerprint density at radius 1 is 1.17 bits per heavy atom. The summed E-state index contributed by atoms with van der Waals surface area (Å²) in [6.45, 7) is 7.22. The number of amides is 1. The number of rotatable bonds is 5. The van der Waals surface area contributed by atoms with Gasteiger partial charge in [-0.2, -0.15) is 23.3 Å². The Balaban J connectivity index is 1.63. The van der Waals surface area contributed by atoms with Gasteiger partial charge in [0, 0.05) is 30.8 Å². The molecule has 1 fully saturated rings. The van der Waals surface area contributed by atoms with Gasteiger partial charge in [-0.1, -0.05) is 37.7 Å². The van der Waals surface area contributed by atoms with Crippen molar-refractivity contribution in [2.45, 2.75) is 32.0 Å². The second-order valence-corrected chi connectivity index (χ2v) is 8.81. The Bertz CT molecular complexity index is 1470. The zero-order chi connectivity index (χ0) is 25.8. The number of hydrogen-bond donors (Lipinski definition) is 0. The lowest BCUT2D eigenvalue weighted by Gasteiger charge is -2.39. The minimum Gasteiger partial charge on any atom is -0.334 e. The average Bonchev–Trinajstić information content (AvgIpc) is 3.43. The molecule has 1 aromatic carbocycles. The van der Waals surface area contributed by atoms with Crippen LogP contribution in [0.1, 0.15) is 37.2 Å². The quantitative estimate of drug-likeness (QED) is 0.278.